The van der Waals surface area contributed by atoms with E-state index in [1.165, 1.54) is 6.92 Å². The summed E-state index contributed by atoms with van der Waals surface area (Å²) in [5.74, 6) is -0.0648. The molecule has 13 heavy (non-hydrogen) atoms. The van der Waals surface area contributed by atoms with Crippen molar-refractivity contribution in [1.82, 2.24) is 5.32 Å². The highest BCUT2D eigenvalue weighted by molar-refractivity contribution is 9.11. The Kier molecular flexibility index (Phi) is 6.24. The molecule has 0 heterocycles. The van der Waals surface area contributed by atoms with Crippen molar-refractivity contribution >= 4 is 21.8 Å². The van der Waals surface area contributed by atoms with Crippen LogP contribution in [0.2, 0.25) is 0 Å². The number of amides is 1. The molecule has 2 nitrogen and oxygen atoms in total. The molecule has 0 aromatic carbocycles. The van der Waals surface area contributed by atoms with Crippen LogP contribution >= 0.6 is 15.9 Å². The molecular weight excluding hydrogens is 230 g/mol. The van der Waals surface area contributed by atoms with Gasteiger partial charge in [0.25, 0.3) is 0 Å². The first-order chi connectivity index (χ1) is 6.06. The van der Waals surface area contributed by atoms with Crippen LogP contribution in [0, 0.1) is 0 Å². The Hall–Kier alpha value is -0.830. The van der Waals surface area contributed by atoms with Gasteiger partial charge in [0.05, 0.1) is 0 Å². The molecule has 3 heteroatoms. The Morgan fingerprint density at radius 1 is 1.31 bits per heavy atom. The summed E-state index contributed by atoms with van der Waals surface area (Å²) in [6, 6.07) is 0. The second kappa shape index (κ2) is 6.66. The van der Waals surface area contributed by atoms with Crippen LogP contribution < -0.4 is 5.32 Å². The highest BCUT2D eigenvalue weighted by atomic mass is 79.9. The molecule has 0 saturated heterocycles. The molecule has 0 aliphatic carbocycles. The summed E-state index contributed by atoms with van der Waals surface area (Å²) < 4.78 is 1.01. The van der Waals surface area contributed by atoms with E-state index >= 15 is 0 Å². The van der Waals surface area contributed by atoms with E-state index in [9.17, 15) is 4.79 Å². The maximum Gasteiger partial charge on any atom is 0.221 e. The molecule has 0 fully saturated rings. The Morgan fingerprint density at radius 2 is 1.92 bits per heavy atom. The summed E-state index contributed by atoms with van der Waals surface area (Å²) in [7, 11) is 0. The maximum atomic E-state index is 10.8. The molecule has 1 amide bonds. The molecule has 0 atom stereocenters. The van der Waals surface area contributed by atoms with Crippen molar-refractivity contribution in [3.05, 3.63) is 34.5 Å². The Morgan fingerprint density at radius 3 is 2.31 bits per heavy atom. The van der Waals surface area contributed by atoms with Crippen LogP contribution in [0.25, 0.3) is 0 Å². The summed E-state index contributed by atoms with van der Waals surface area (Å²) >= 11 is 3.30. The molecular formula is C10H14BrNO. The van der Waals surface area contributed by atoms with Crippen molar-refractivity contribution < 1.29 is 4.79 Å². The topological polar surface area (TPSA) is 29.1 Å². The second-order valence-electron chi connectivity index (χ2n) is 2.56. The lowest BCUT2D eigenvalue weighted by atomic mass is 10.3. The molecule has 0 saturated carbocycles. The minimum absolute atomic E-state index is 0.0648. The third kappa shape index (κ3) is 7.53. The summed E-state index contributed by atoms with van der Waals surface area (Å²) in [5, 5.41) is 2.71. The Labute approximate surface area is 87.5 Å². The smallest absolute Gasteiger partial charge is 0.221 e. The Bertz CT molecular complexity index is 260. The first-order valence-electron chi connectivity index (χ1n) is 4.00. The van der Waals surface area contributed by atoms with Crippen molar-refractivity contribution in [2.45, 2.75) is 20.8 Å². The van der Waals surface area contributed by atoms with E-state index < -0.39 is 0 Å². The summed E-state index contributed by atoms with van der Waals surface area (Å²) in [4.78, 5) is 10.8. The molecule has 0 bridgehead atoms. The van der Waals surface area contributed by atoms with Gasteiger partial charge in [-0.1, -0.05) is 28.1 Å². The zero-order valence-electron chi connectivity index (χ0n) is 8.10. The van der Waals surface area contributed by atoms with E-state index in [4.69, 9.17) is 0 Å². The zero-order valence-corrected chi connectivity index (χ0v) is 9.68. The van der Waals surface area contributed by atoms with Crippen molar-refractivity contribution in [1.29, 1.82) is 0 Å². The van der Waals surface area contributed by atoms with Gasteiger partial charge in [-0.3, -0.25) is 4.79 Å². The fraction of sp³-hybridized carbons (Fsp3) is 0.300. The lowest BCUT2D eigenvalue weighted by Gasteiger charge is -2.00. The van der Waals surface area contributed by atoms with Gasteiger partial charge in [-0.25, -0.2) is 0 Å². The minimum Gasteiger partial charge on any atom is -0.326 e. The third-order valence-corrected chi connectivity index (χ3v) is 1.42. The molecule has 1 N–H and O–H groups in total. The average molecular weight is 244 g/mol. The number of carbonyl (C=O) groups is 1. The monoisotopic (exact) mass is 243 g/mol. The van der Waals surface area contributed by atoms with Crippen molar-refractivity contribution in [3.8, 4) is 0 Å². The van der Waals surface area contributed by atoms with Crippen molar-refractivity contribution in [2.24, 2.45) is 0 Å². The predicted molar refractivity (Wildman–Crippen MR) is 59.4 cm³/mol. The molecule has 0 aliphatic rings. The highest BCUT2D eigenvalue weighted by Crippen LogP contribution is 2.03. The molecule has 0 rings (SSSR count). The van der Waals surface area contributed by atoms with Crippen LogP contribution in [0.15, 0.2) is 34.5 Å². The maximum absolute atomic E-state index is 10.8. The van der Waals surface area contributed by atoms with Gasteiger partial charge in [0.2, 0.25) is 5.91 Å². The second-order valence-corrected chi connectivity index (χ2v) is 3.81. The SMILES string of the molecule is C\C=C/C(=C\C=C(/C)Br)NC(C)=O. The fourth-order valence-corrected chi connectivity index (χ4v) is 0.858. The number of rotatable bonds is 3. The van der Waals surface area contributed by atoms with E-state index in [1.807, 2.05) is 38.2 Å². The number of carbonyl (C=O) groups excluding carboxylic acids is 1. The Balaban J connectivity index is 4.50. The van der Waals surface area contributed by atoms with Gasteiger partial charge < -0.3 is 5.32 Å². The van der Waals surface area contributed by atoms with E-state index in [0.717, 1.165) is 10.2 Å². The number of nitrogens with one attached hydrogen (secondary N) is 1. The summed E-state index contributed by atoms with van der Waals surface area (Å²) in [5.41, 5.74) is 0.786. The van der Waals surface area contributed by atoms with Gasteiger partial charge in [0.1, 0.15) is 0 Å². The molecule has 0 aliphatic heterocycles. The van der Waals surface area contributed by atoms with Gasteiger partial charge >= 0.3 is 0 Å². The lowest BCUT2D eigenvalue weighted by molar-refractivity contribution is -0.118. The first-order valence-corrected chi connectivity index (χ1v) is 4.80. The van der Waals surface area contributed by atoms with E-state index in [1.54, 1.807) is 0 Å². The van der Waals surface area contributed by atoms with E-state index in [-0.39, 0.29) is 5.91 Å². The summed E-state index contributed by atoms with van der Waals surface area (Å²) in [6.45, 7) is 5.32. The fourth-order valence-electron chi connectivity index (χ4n) is 0.726. The van der Waals surface area contributed by atoms with Crippen LogP contribution in [0.1, 0.15) is 20.8 Å². The van der Waals surface area contributed by atoms with Gasteiger partial charge in [-0.05, 0) is 30.5 Å². The molecule has 72 valence electrons. The van der Waals surface area contributed by atoms with Crippen LogP contribution in [0.3, 0.4) is 0 Å². The number of halogens is 1. The average Bonchev–Trinajstić information content (AvgIpc) is 1.99. The number of allylic oxidation sites excluding steroid dienone is 5. The van der Waals surface area contributed by atoms with Gasteiger partial charge in [0.15, 0.2) is 0 Å². The van der Waals surface area contributed by atoms with Crippen LogP contribution in [-0.2, 0) is 4.79 Å². The number of hydrogen-bond donors (Lipinski definition) is 1. The summed E-state index contributed by atoms with van der Waals surface area (Å²) in [6.07, 6.45) is 7.43. The van der Waals surface area contributed by atoms with E-state index in [0.29, 0.717) is 0 Å². The predicted octanol–water partition coefficient (Wildman–Crippen LogP) is 2.88. The number of hydrogen-bond acceptors (Lipinski definition) is 1. The van der Waals surface area contributed by atoms with Gasteiger partial charge in [0, 0.05) is 12.6 Å². The van der Waals surface area contributed by atoms with E-state index in [2.05, 4.69) is 21.2 Å². The largest absolute Gasteiger partial charge is 0.326 e. The lowest BCUT2D eigenvalue weighted by Crippen LogP contribution is -2.17. The molecule has 0 radical (unpaired) electrons. The molecule has 0 aromatic rings. The standard InChI is InChI=1S/C10H14BrNO/c1-4-5-10(12-9(3)13)7-6-8(2)11/h4-7H,1-3H3,(H,12,13)/b5-4-,8-6+,10-7+. The van der Waals surface area contributed by atoms with Crippen LogP contribution in [0.5, 0.6) is 0 Å². The molecule has 0 aromatic heterocycles. The minimum atomic E-state index is -0.0648. The van der Waals surface area contributed by atoms with Gasteiger partial charge in [-0.15, -0.1) is 0 Å². The highest BCUT2D eigenvalue weighted by Gasteiger charge is 1.92. The van der Waals surface area contributed by atoms with Crippen molar-refractivity contribution in [3.63, 3.8) is 0 Å². The quantitative estimate of drug-likeness (QED) is 0.760. The first kappa shape index (κ1) is 12.2. The molecule has 0 spiro atoms. The third-order valence-electron chi connectivity index (χ3n) is 1.16. The zero-order chi connectivity index (χ0) is 10.3. The van der Waals surface area contributed by atoms with Gasteiger partial charge in [-0.2, -0.15) is 0 Å². The van der Waals surface area contributed by atoms with Crippen LogP contribution in [0.4, 0.5) is 0 Å². The molecule has 0 unspecified atom stereocenters. The van der Waals surface area contributed by atoms with Crippen LogP contribution in [-0.4, -0.2) is 5.91 Å². The normalized spacial score (nSPS) is 13.5. The van der Waals surface area contributed by atoms with Crippen molar-refractivity contribution in [2.75, 3.05) is 0 Å².